The summed E-state index contributed by atoms with van der Waals surface area (Å²) in [7, 11) is 0. The molecule has 1 aliphatic heterocycles. The molecule has 0 aromatic carbocycles. The van der Waals surface area contributed by atoms with Crippen molar-refractivity contribution in [2.45, 2.75) is 33.2 Å². The predicted molar refractivity (Wildman–Crippen MR) is 44.4 cm³/mol. The van der Waals surface area contributed by atoms with Gasteiger partial charge in [0.1, 0.15) is 6.61 Å². The minimum absolute atomic E-state index is 0.0104. The Hall–Kier alpha value is -0.570. The maximum absolute atomic E-state index is 10.4. The van der Waals surface area contributed by atoms with Crippen LogP contribution in [0.5, 0.6) is 0 Å². The van der Waals surface area contributed by atoms with E-state index < -0.39 is 0 Å². The highest BCUT2D eigenvalue weighted by Gasteiger charge is 2.12. The molecule has 0 aromatic heterocycles. The second-order valence-corrected chi connectivity index (χ2v) is 2.69. The SMILES string of the molecule is CC1COCC(=O)N1.CCC. The summed E-state index contributed by atoms with van der Waals surface area (Å²) < 4.78 is 4.88. The third-order valence-electron chi connectivity index (χ3n) is 1.01. The molecule has 1 aliphatic rings. The van der Waals surface area contributed by atoms with Crippen LogP contribution in [0.25, 0.3) is 0 Å². The van der Waals surface area contributed by atoms with Crippen molar-refractivity contribution in [1.82, 2.24) is 5.32 Å². The first kappa shape index (κ1) is 10.4. The van der Waals surface area contributed by atoms with Gasteiger partial charge in [0, 0.05) is 6.04 Å². The Morgan fingerprint density at radius 2 is 2.18 bits per heavy atom. The molecule has 1 heterocycles. The van der Waals surface area contributed by atoms with Crippen LogP contribution in [0.15, 0.2) is 0 Å². The molecule has 1 rings (SSSR count). The van der Waals surface area contributed by atoms with E-state index in [9.17, 15) is 4.79 Å². The van der Waals surface area contributed by atoms with Gasteiger partial charge in [0.2, 0.25) is 5.91 Å². The van der Waals surface area contributed by atoms with E-state index in [1.165, 1.54) is 6.42 Å². The van der Waals surface area contributed by atoms with Crippen molar-refractivity contribution in [3.63, 3.8) is 0 Å². The molecule has 0 radical (unpaired) electrons. The number of morpholine rings is 1. The van der Waals surface area contributed by atoms with Gasteiger partial charge >= 0.3 is 0 Å². The fourth-order valence-electron chi connectivity index (χ4n) is 0.687. The first-order valence-corrected chi connectivity index (χ1v) is 4.07. The van der Waals surface area contributed by atoms with Gasteiger partial charge in [-0.2, -0.15) is 0 Å². The summed E-state index contributed by atoms with van der Waals surface area (Å²) in [5, 5.41) is 2.72. The van der Waals surface area contributed by atoms with Crippen molar-refractivity contribution in [1.29, 1.82) is 0 Å². The van der Waals surface area contributed by atoms with Gasteiger partial charge in [0.05, 0.1) is 6.61 Å². The fraction of sp³-hybridized carbons (Fsp3) is 0.875. The highest BCUT2D eigenvalue weighted by Crippen LogP contribution is 1.90. The second kappa shape index (κ2) is 6.16. The second-order valence-electron chi connectivity index (χ2n) is 2.69. The van der Waals surface area contributed by atoms with Gasteiger partial charge in [-0.15, -0.1) is 0 Å². The van der Waals surface area contributed by atoms with Crippen LogP contribution in [-0.4, -0.2) is 25.2 Å². The van der Waals surface area contributed by atoms with E-state index in [2.05, 4.69) is 19.2 Å². The van der Waals surface area contributed by atoms with Crippen LogP contribution >= 0.6 is 0 Å². The van der Waals surface area contributed by atoms with Crippen LogP contribution in [0.3, 0.4) is 0 Å². The summed E-state index contributed by atoms with van der Waals surface area (Å²) in [5.41, 5.74) is 0. The van der Waals surface area contributed by atoms with E-state index in [4.69, 9.17) is 4.74 Å². The number of hydrogen-bond donors (Lipinski definition) is 1. The standard InChI is InChI=1S/C5H9NO2.C3H8/c1-4-2-8-3-5(7)6-4;1-3-2/h4H,2-3H2,1H3,(H,6,7);3H2,1-2H3. The Balaban J connectivity index is 0.000000292. The van der Waals surface area contributed by atoms with Crippen LogP contribution in [0.1, 0.15) is 27.2 Å². The Bertz CT molecular complexity index is 115. The van der Waals surface area contributed by atoms with E-state index >= 15 is 0 Å². The Morgan fingerprint density at radius 1 is 1.64 bits per heavy atom. The first-order chi connectivity index (χ1) is 5.20. The average Bonchev–Trinajstić information content (AvgIpc) is 1.88. The summed E-state index contributed by atoms with van der Waals surface area (Å²) in [6.45, 7) is 7.03. The molecular formula is C8H17NO2. The zero-order valence-electron chi connectivity index (χ0n) is 7.52. The van der Waals surface area contributed by atoms with Crippen LogP contribution in [0.2, 0.25) is 0 Å². The lowest BCUT2D eigenvalue weighted by molar-refractivity contribution is -0.130. The van der Waals surface area contributed by atoms with E-state index in [0.717, 1.165) is 0 Å². The molecule has 1 atom stereocenters. The molecule has 1 N–H and O–H groups in total. The molecule has 3 heteroatoms. The van der Waals surface area contributed by atoms with Crippen molar-refractivity contribution in [3.05, 3.63) is 0 Å². The van der Waals surface area contributed by atoms with Gasteiger partial charge in [-0.25, -0.2) is 0 Å². The molecule has 0 spiro atoms. The van der Waals surface area contributed by atoms with Gasteiger partial charge in [0.25, 0.3) is 0 Å². The van der Waals surface area contributed by atoms with Crippen molar-refractivity contribution in [2.75, 3.05) is 13.2 Å². The third-order valence-corrected chi connectivity index (χ3v) is 1.01. The van der Waals surface area contributed by atoms with E-state index in [0.29, 0.717) is 6.61 Å². The van der Waals surface area contributed by atoms with Crippen LogP contribution < -0.4 is 5.32 Å². The summed E-state index contributed by atoms with van der Waals surface area (Å²) in [6.07, 6.45) is 1.25. The lowest BCUT2D eigenvalue weighted by Gasteiger charge is -2.18. The maximum atomic E-state index is 10.4. The molecule has 1 unspecified atom stereocenters. The molecule has 66 valence electrons. The smallest absolute Gasteiger partial charge is 0.246 e. The summed E-state index contributed by atoms with van der Waals surface area (Å²) in [6, 6.07) is 0.191. The molecule has 1 fully saturated rings. The van der Waals surface area contributed by atoms with Gasteiger partial charge in [-0.3, -0.25) is 4.79 Å². The molecule has 0 aromatic rings. The molecular weight excluding hydrogens is 142 g/mol. The van der Waals surface area contributed by atoms with Crippen LogP contribution in [0, 0.1) is 0 Å². The molecule has 1 saturated heterocycles. The summed E-state index contributed by atoms with van der Waals surface area (Å²) in [5.74, 6) is -0.0104. The lowest BCUT2D eigenvalue weighted by Crippen LogP contribution is -2.43. The topological polar surface area (TPSA) is 38.3 Å². The highest BCUT2D eigenvalue weighted by molar-refractivity contribution is 5.78. The van der Waals surface area contributed by atoms with E-state index in [1.807, 2.05) is 6.92 Å². The lowest BCUT2D eigenvalue weighted by atomic mass is 10.3. The van der Waals surface area contributed by atoms with Crippen LogP contribution in [0.4, 0.5) is 0 Å². The van der Waals surface area contributed by atoms with Gasteiger partial charge in [-0.05, 0) is 6.92 Å². The van der Waals surface area contributed by atoms with Gasteiger partial charge in [0.15, 0.2) is 0 Å². The largest absolute Gasteiger partial charge is 0.370 e. The number of ether oxygens (including phenoxy) is 1. The average molecular weight is 159 g/mol. The third kappa shape index (κ3) is 5.85. The molecule has 0 aliphatic carbocycles. The minimum Gasteiger partial charge on any atom is -0.370 e. The molecule has 1 amide bonds. The zero-order valence-corrected chi connectivity index (χ0v) is 7.52. The number of nitrogens with one attached hydrogen (secondary N) is 1. The van der Waals surface area contributed by atoms with E-state index in [-0.39, 0.29) is 18.6 Å². The molecule has 0 saturated carbocycles. The number of rotatable bonds is 0. The minimum atomic E-state index is -0.0104. The van der Waals surface area contributed by atoms with Crippen molar-refractivity contribution in [3.8, 4) is 0 Å². The van der Waals surface area contributed by atoms with Crippen molar-refractivity contribution < 1.29 is 9.53 Å². The normalized spacial score (nSPS) is 23.2. The molecule has 0 bridgehead atoms. The monoisotopic (exact) mass is 159 g/mol. The maximum Gasteiger partial charge on any atom is 0.246 e. The Morgan fingerprint density at radius 3 is 2.45 bits per heavy atom. The number of carbonyl (C=O) groups excluding carboxylic acids is 1. The highest BCUT2D eigenvalue weighted by atomic mass is 16.5. The Labute approximate surface area is 68.1 Å². The number of hydrogen-bond acceptors (Lipinski definition) is 2. The van der Waals surface area contributed by atoms with Crippen molar-refractivity contribution in [2.24, 2.45) is 0 Å². The predicted octanol–water partition coefficient (Wildman–Crippen LogP) is 0.938. The first-order valence-electron chi connectivity index (χ1n) is 4.07. The zero-order chi connectivity index (χ0) is 8.69. The van der Waals surface area contributed by atoms with E-state index in [1.54, 1.807) is 0 Å². The number of amides is 1. The fourth-order valence-corrected chi connectivity index (χ4v) is 0.687. The Kier molecular flexibility index (Phi) is 5.84. The quantitative estimate of drug-likeness (QED) is 0.571. The summed E-state index contributed by atoms with van der Waals surface area (Å²) >= 11 is 0. The van der Waals surface area contributed by atoms with Crippen LogP contribution in [-0.2, 0) is 9.53 Å². The summed E-state index contributed by atoms with van der Waals surface area (Å²) in [4.78, 5) is 10.4. The van der Waals surface area contributed by atoms with Crippen molar-refractivity contribution >= 4 is 5.91 Å². The number of carbonyl (C=O) groups is 1. The van der Waals surface area contributed by atoms with Gasteiger partial charge in [-0.1, -0.05) is 20.3 Å². The van der Waals surface area contributed by atoms with Gasteiger partial charge < -0.3 is 10.1 Å². The molecule has 3 nitrogen and oxygen atoms in total. The molecule has 11 heavy (non-hydrogen) atoms.